The molecule has 4 rings (SSSR count). The maximum atomic E-state index is 12.8. The molecule has 3 amide bonds. The Balaban J connectivity index is 1.29. The van der Waals surface area contributed by atoms with Crippen LogP contribution in [0.5, 0.6) is 0 Å². The lowest BCUT2D eigenvalue weighted by Crippen LogP contribution is -2.48. The van der Waals surface area contributed by atoms with E-state index in [4.69, 9.17) is 0 Å². The van der Waals surface area contributed by atoms with Gasteiger partial charge in [0.2, 0.25) is 11.8 Å². The lowest BCUT2D eigenvalue weighted by molar-refractivity contribution is -0.136. The van der Waals surface area contributed by atoms with Gasteiger partial charge in [-0.05, 0) is 44.4 Å². The number of amides is 3. The number of nitrogens with one attached hydrogen (secondary N) is 2. The quantitative estimate of drug-likeness (QED) is 0.726. The second-order valence-electron chi connectivity index (χ2n) is 9.21. The molecule has 0 radical (unpaired) electrons. The van der Waals surface area contributed by atoms with Gasteiger partial charge in [0.15, 0.2) is 11.5 Å². The highest BCUT2D eigenvalue weighted by atomic mass is 16.2. The van der Waals surface area contributed by atoms with E-state index in [0.717, 1.165) is 51.4 Å². The zero-order valence-electron chi connectivity index (χ0n) is 18.1. The van der Waals surface area contributed by atoms with E-state index in [1.165, 1.54) is 25.2 Å². The monoisotopic (exact) mass is 427 g/mol. The zero-order chi connectivity index (χ0) is 21.6. The first kappa shape index (κ1) is 21.7. The lowest BCUT2D eigenvalue weighted by Gasteiger charge is -2.33. The van der Waals surface area contributed by atoms with Gasteiger partial charge in [-0.2, -0.15) is 0 Å². The molecule has 168 valence electrons. The summed E-state index contributed by atoms with van der Waals surface area (Å²) in [5, 5.41) is 5.80. The Bertz CT molecular complexity index is 794. The summed E-state index contributed by atoms with van der Waals surface area (Å²) in [5.41, 5.74) is 0.145. The Labute approximate surface area is 183 Å². The molecule has 1 aliphatic heterocycles. The number of rotatable bonds is 6. The van der Waals surface area contributed by atoms with Crippen LogP contribution in [-0.2, 0) is 9.59 Å². The number of hydrogen-bond donors (Lipinski definition) is 2. The van der Waals surface area contributed by atoms with Crippen LogP contribution in [-0.4, -0.2) is 51.7 Å². The predicted molar refractivity (Wildman–Crippen MR) is 116 cm³/mol. The first-order valence-corrected chi connectivity index (χ1v) is 11.8. The summed E-state index contributed by atoms with van der Waals surface area (Å²) >= 11 is 0. The molecule has 1 aromatic rings. The molecule has 0 unspecified atom stereocenters. The van der Waals surface area contributed by atoms with E-state index < -0.39 is 0 Å². The molecule has 2 aliphatic carbocycles. The number of carbonyl (C=O) groups excluding carboxylic acids is 3. The van der Waals surface area contributed by atoms with E-state index in [-0.39, 0.29) is 41.2 Å². The van der Waals surface area contributed by atoms with Crippen molar-refractivity contribution in [1.29, 1.82) is 0 Å². The molecule has 8 heteroatoms. The molecule has 0 bridgehead atoms. The standard InChI is InChI=1S/C23H33N5O3/c29-19(15-16-5-1-2-6-16)27-21-20(24-11-12-25-21)22(30)26-18-9-13-28(14-10-18)23(31)17-7-3-4-8-17/h11-12,16-18H,1-10,13-15H2,(H,26,30)(H,25,27,29). The van der Waals surface area contributed by atoms with Crippen LogP contribution in [0, 0.1) is 11.8 Å². The van der Waals surface area contributed by atoms with E-state index in [0.29, 0.717) is 25.4 Å². The fraction of sp³-hybridized carbons (Fsp3) is 0.696. The van der Waals surface area contributed by atoms with Gasteiger partial charge in [-0.3, -0.25) is 14.4 Å². The van der Waals surface area contributed by atoms with E-state index >= 15 is 0 Å². The van der Waals surface area contributed by atoms with Crippen LogP contribution in [0.15, 0.2) is 12.4 Å². The zero-order valence-corrected chi connectivity index (χ0v) is 18.1. The van der Waals surface area contributed by atoms with Crippen LogP contribution in [0.4, 0.5) is 5.82 Å². The van der Waals surface area contributed by atoms with E-state index in [1.54, 1.807) is 0 Å². The second-order valence-corrected chi connectivity index (χ2v) is 9.21. The number of anilines is 1. The number of likely N-dealkylation sites (tertiary alicyclic amines) is 1. The fourth-order valence-electron chi connectivity index (χ4n) is 5.18. The van der Waals surface area contributed by atoms with E-state index in [2.05, 4.69) is 20.6 Å². The Kier molecular flexibility index (Phi) is 7.14. The first-order chi connectivity index (χ1) is 15.1. The summed E-state index contributed by atoms with van der Waals surface area (Å²) in [5.74, 6) is 0.678. The van der Waals surface area contributed by atoms with Gasteiger partial charge in [-0.1, -0.05) is 25.7 Å². The Morgan fingerprint density at radius 1 is 0.903 bits per heavy atom. The van der Waals surface area contributed by atoms with Gasteiger partial charge < -0.3 is 15.5 Å². The van der Waals surface area contributed by atoms with Gasteiger partial charge in [0.1, 0.15) is 0 Å². The maximum absolute atomic E-state index is 12.8. The minimum absolute atomic E-state index is 0.0100. The predicted octanol–water partition coefficient (Wildman–Crippen LogP) is 2.91. The molecular weight excluding hydrogens is 394 g/mol. The second kappa shape index (κ2) is 10.2. The highest BCUT2D eigenvalue weighted by molar-refractivity contribution is 6.01. The summed E-state index contributed by atoms with van der Waals surface area (Å²) in [6.45, 7) is 1.34. The Hall–Kier alpha value is -2.51. The molecule has 0 aromatic carbocycles. The normalized spacial score (nSPS) is 20.7. The van der Waals surface area contributed by atoms with Crippen LogP contribution in [0.1, 0.15) is 81.1 Å². The molecule has 0 spiro atoms. The summed E-state index contributed by atoms with van der Waals surface area (Å²) in [4.78, 5) is 48.1. The van der Waals surface area contributed by atoms with Crippen molar-refractivity contribution in [2.24, 2.45) is 11.8 Å². The number of aromatic nitrogens is 2. The summed E-state index contributed by atoms with van der Waals surface area (Å²) in [7, 11) is 0. The molecule has 31 heavy (non-hydrogen) atoms. The lowest BCUT2D eigenvalue weighted by atomic mass is 10.0. The molecule has 2 heterocycles. The Morgan fingerprint density at radius 3 is 2.26 bits per heavy atom. The third-order valence-electron chi connectivity index (χ3n) is 6.97. The highest BCUT2D eigenvalue weighted by Crippen LogP contribution is 2.28. The van der Waals surface area contributed by atoms with Crippen molar-refractivity contribution in [1.82, 2.24) is 20.2 Å². The van der Waals surface area contributed by atoms with E-state index in [9.17, 15) is 14.4 Å². The topological polar surface area (TPSA) is 104 Å². The Morgan fingerprint density at radius 2 is 1.55 bits per heavy atom. The van der Waals surface area contributed by atoms with Gasteiger partial charge in [-0.25, -0.2) is 9.97 Å². The fourth-order valence-corrected chi connectivity index (χ4v) is 5.18. The first-order valence-electron chi connectivity index (χ1n) is 11.8. The SMILES string of the molecule is O=C(CC1CCCC1)Nc1nccnc1C(=O)NC1CCN(C(=O)C2CCCC2)CC1. The van der Waals surface area contributed by atoms with Crippen molar-refractivity contribution < 1.29 is 14.4 Å². The maximum Gasteiger partial charge on any atom is 0.273 e. The van der Waals surface area contributed by atoms with Crippen molar-refractivity contribution in [3.63, 3.8) is 0 Å². The number of piperidine rings is 1. The molecule has 1 saturated heterocycles. The average molecular weight is 428 g/mol. The van der Waals surface area contributed by atoms with Gasteiger partial charge in [0, 0.05) is 43.9 Å². The average Bonchev–Trinajstić information content (AvgIpc) is 3.48. The third-order valence-corrected chi connectivity index (χ3v) is 6.97. The van der Waals surface area contributed by atoms with Crippen molar-refractivity contribution in [2.75, 3.05) is 18.4 Å². The smallest absolute Gasteiger partial charge is 0.273 e. The van der Waals surface area contributed by atoms with Crippen LogP contribution in [0.3, 0.4) is 0 Å². The summed E-state index contributed by atoms with van der Waals surface area (Å²) < 4.78 is 0. The summed E-state index contributed by atoms with van der Waals surface area (Å²) in [6, 6.07) is -0.0100. The van der Waals surface area contributed by atoms with Crippen LogP contribution in [0.2, 0.25) is 0 Å². The van der Waals surface area contributed by atoms with Crippen LogP contribution in [0.25, 0.3) is 0 Å². The van der Waals surface area contributed by atoms with Gasteiger partial charge in [0.05, 0.1) is 0 Å². The largest absolute Gasteiger partial charge is 0.348 e. The minimum Gasteiger partial charge on any atom is -0.348 e. The van der Waals surface area contributed by atoms with E-state index in [1.807, 2.05) is 4.90 Å². The molecular formula is C23H33N5O3. The number of hydrogen-bond acceptors (Lipinski definition) is 5. The van der Waals surface area contributed by atoms with Gasteiger partial charge in [0.25, 0.3) is 5.91 Å². The minimum atomic E-state index is -0.329. The number of carbonyl (C=O) groups is 3. The molecule has 2 N–H and O–H groups in total. The van der Waals surface area contributed by atoms with Crippen molar-refractivity contribution >= 4 is 23.5 Å². The molecule has 8 nitrogen and oxygen atoms in total. The van der Waals surface area contributed by atoms with Crippen LogP contribution < -0.4 is 10.6 Å². The molecule has 0 atom stereocenters. The van der Waals surface area contributed by atoms with Crippen molar-refractivity contribution in [3.8, 4) is 0 Å². The highest BCUT2D eigenvalue weighted by Gasteiger charge is 2.31. The van der Waals surface area contributed by atoms with Gasteiger partial charge >= 0.3 is 0 Å². The van der Waals surface area contributed by atoms with Gasteiger partial charge in [-0.15, -0.1) is 0 Å². The van der Waals surface area contributed by atoms with Crippen molar-refractivity contribution in [3.05, 3.63) is 18.1 Å². The summed E-state index contributed by atoms with van der Waals surface area (Å²) in [6.07, 6.45) is 13.7. The molecule has 1 aromatic heterocycles. The number of nitrogens with zero attached hydrogens (tertiary/aromatic N) is 3. The van der Waals surface area contributed by atoms with Crippen LogP contribution >= 0.6 is 0 Å². The molecule has 2 saturated carbocycles. The third kappa shape index (κ3) is 5.60. The molecule has 3 fully saturated rings. The van der Waals surface area contributed by atoms with Crippen molar-refractivity contribution in [2.45, 2.75) is 76.7 Å². The molecule has 3 aliphatic rings.